The Morgan fingerprint density at radius 2 is 2.14 bits per heavy atom. The lowest BCUT2D eigenvalue weighted by Gasteiger charge is -2.10. The molecular formula is C16H24N2O3. The molecule has 0 saturated carbocycles. The number of hydrogen-bond donors (Lipinski definition) is 2. The number of carbonyl (C=O) groups excluding carboxylic acids is 1. The summed E-state index contributed by atoms with van der Waals surface area (Å²) in [6.07, 6.45) is 3.87. The van der Waals surface area contributed by atoms with Crippen LogP contribution in [0.3, 0.4) is 0 Å². The van der Waals surface area contributed by atoms with E-state index in [-0.39, 0.29) is 5.91 Å². The predicted molar refractivity (Wildman–Crippen MR) is 82.7 cm³/mol. The summed E-state index contributed by atoms with van der Waals surface area (Å²) in [4.78, 5) is 11.9. The van der Waals surface area contributed by atoms with E-state index in [9.17, 15) is 4.79 Å². The van der Waals surface area contributed by atoms with Crippen molar-refractivity contribution in [2.24, 2.45) is 0 Å². The lowest BCUT2D eigenvalue weighted by molar-refractivity contribution is -0.116. The highest BCUT2D eigenvalue weighted by atomic mass is 16.5. The molecule has 1 aromatic carbocycles. The van der Waals surface area contributed by atoms with E-state index in [1.807, 2.05) is 24.3 Å². The summed E-state index contributed by atoms with van der Waals surface area (Å²) in [6.45, 7) is 2.17. The molecule has 1 atom stereocenters. The van der Waals surface area contributed by atoms with Gasteiger partial charge in [0.2, 0.25) is 5.91 Å². The minimum atomic E-state index is 0.0664. The topological polar surface area (TPSA) is 59.6 Å². The van der Waals surface area contributed by atoms with Crippen LogP contribution >= 0.6 is 0 Å². The molecule has 2 rings (SSSR count). The predicted octanol–water partition coefficient (Wildman–Crippen LogP) is 2.18. The number of rotatable bonds is 8. The summed E-state index contributed by atoms with van der Waals surface area (Å²) >= 11 is 0. The number of hydrogen-bond acceptors (Lipinski definition) is 4. The van der Waals surface area contributed by atoms with Crippen LogP contribution in [0, 0.1) is 0 Å². The van der Waals surface area contributed by atoms with Crippen molar-refractivity contribution in [2.75, 3.05) is 32.2 Å². The standard InChI is InChI=1S/C16H24N2O3/c1-20-11-12-21-15-7-4-14(5-8-15)18-16(19)9-6-13-3-2-10-17-13/h4-5,7-8,13,17H,2-3,6,9-12H2,1H3,(H,18,19). The van der Waals surface area contributed by atoms with Crippen LogP contribution in [-0.4, -0.2) is 38.8 Å². The van der Waals surface area contributed by atoms with E-state index in [0.717, 1.165) is 24.4 Å². The van der Waals surface area contributed by atoms with Gasteiger partial charge in [-0.2, -0.15) is 0 Å². The van der Waals surface area contributed by atoms with Crippen LogP contribution < -0.4 is 15.4 Å². The fraction of sp³-hybridized carbons (Fsp3) is 0.562. The molecule has 0 bridgehead atoms. The summed E-state index contributed by atoms with van der Waals surface area (Å²) in [7, 11) is 1.64. The van der Waals surface area contributed by atoms with Crippen molar-refractivity contribution in [3.63, 3.8) is 0 Å². The Hall–Kier alpha value is -1.59. The molecule has 116 valence electrons. The summed E-state index contributed by atoms with van der Waals surface area (Å²) < 4.78 is 10.4. The molecule has 0 aliphatic carbocycles. The van der Waals surface area contributed by atoms with Gasteiger partial charge in [-0.1, -0.05) is 0 Å². The molecular weight excluding hydrogens is 268 g/mol. The molecule has 1 heterocycles. The van der Waals surface area contributed by atoms with Crippen molar-refractivity contribution < 1.29 is 14.3 Å². The minimum Gasteiger partial charge on any atom is -0.491 e. The van der Waals surface area contributed by atoms with Gasteiger partial charge in [-0.05, 0) is 50.1 Å². The Bertz CT molecular complexity index is 428. The van der Waals surface area contributed by atoms with Gasteiger partial charge in [0.05, 0.1) is 6.61 Å². The Labute approximate surface area is 126 Å². The minimum absolute atomic E-state index is 0.0664. The maximum atomic E-state index is 11.9. The summed E-state index contributed by atoms with van der Waals surface area (Å²) in [6, 6.07) is 7.92. The molecule has 0 aromatic heterocycles. The van der Waals surface area contributed by atoms with Gasteiger partial charge in [0, 0.05) is 25.3 Å². The molecule has 1 aliphatic rings. The highest BCUT2D eigenvalue weighted by molar-refractivity contribution is 5.90. The lowest BCUT2D eigenvalue weighted by atomic mass is 10.1. The average molecular weight is 292 g/mol. The van der Waals surface area contributed by atoms with Crippen molar-refractivity contribution in [1.29, 1.82) is 0 Å². The quantitative estimate of drug-likeness (QED) is 0.721. The summed E-state index contributed by atoms with van der Waals surface area (Å²) in [5.74, 6) is 0.844. The summed E-state index contributed by atoms with van der Waals surface area (Å²) in [5, 5.41) is 6.31. The molecule has 0 radical (unpaired) electrons. The van der Waals surface area contributed by atoms with Crippen LogP contribution in [0.4, 0.5) is 5.69 Å². The molecule has 1 unspecified atom stereocenters. The van der Waals surface area contributed by atoms with Crippen molar-refractivity contribution in [3.05, 3.63) is 24.3 Å². The normalized spacial score (nSPS) is 17.7. The van der Waals surface area contributed by atoms with E-state index in [0.29, 0.717) is 25.7 Å². The maximum absolute atomic E-state index is 11.9. The van der Waals surface area contributed by atoms with Crippen molar-refractivity contribution in [3.8, 4) is 5.75 Å². The molecule has 1 aromatic rings. The molecule has 1 saturated heterocycles. The number of anilines is 1. The van der Waals surface area contributed by atoms with E-state index < -0.39 is 0 Å². The number of benzene rings is 1. The number of carbonyl (C=O) groups is 1. The van der Waals surface area contributed by atoms with Crippen LogP contribution in [0.15, 0.2) is 24.3 Å². The second-order valence-electron chi connectivity index (χ2n) is 5.25. The molecule has 1 aliphatic heterocycles. The van der Waals surface area contributed by atoms with Crippen LogP contribution in [-0.2, 0) is 9.53 Å². The zero-order valence-corrected chi connectivity index (χ0v) is 12.6. The van der Waals surface area contributed by atoms with E-state index in [1.165, 1.54) is 12.8 Å². The third-order valence-electron chi connectivity index (χ3n) is 3.58. The maximum Gasteiger partial charge on any atom is 0.224 e. The number of methoxy groups -OCH3 is 1. The fourth-order valence-electron chi connectivity index (χ4n) is 2.41. The average Bonchev–Trinajstić information content (AvgIpc) is 3.01. The second-order valence-corrected chi connectivity index (χ2v) is 5.25. The van der Waals surface area contributed by atoms with Gasteiger partial charge < -0.3 is 20.1 Å². The summed E-state index contributed by atoms with van der Waals surface area (Å²) in [5.41, 5.74) is 0.804. The first-order valence-electron chi connectivity index (χ1n) is 7.53. The van der Waals surface area contributed by atoms with Crippen LogP contribution in [0.1, 0.15) is 25.7 Å². The highest BCUT2D eigenvalue weighted by Crippen LogP contribution is 2.16. The SMILES string of the molecule is COCCOc1ccc(NC(=O)CCC2CCCN2)cc1. The van der Waals surface area contributed by atoms with Crippen molar-refractivity contribution in [1.82, 2.24) is 5.32 Å². The van der Waals surface area contributed by atoms with E-state index in [4.69, 9.17) is 9.47 Å². The Balaban J connectivity index is 1.70. The van der Waals surface area contributed by atoms with E-state index in [2.05, 4.69) is 10.6 Å². The molecule has 1 amide bonds. The molecule has 2 N–H and O–H groups in total. The largest absolute Gasteiger partial charge is 0.491 e. The third-order valence-corrected chi connectivity index (χ3v) is 3.58. The third kappa shape index (κ3) is 5.73. The number of ether oxygens (including phenoxy) is 2. The molecule has 1 fully saturated rings. The van der Waals surface area contributed by atoms with Gasteiger partial charge in [-0.25, -0.2) is 0 Å². The van der Waals surface area contributed by atoms with Gasteiger partial charge in [-0.3, -0.25) is 4.79 Å². The highest BCUT2D eigenvalue weighted by Gasteiger charge is 2.15. The monoisotopic (exact) mass is 292 g/mol. The lowest BCUT2D eigenvalue weighted by Crippen LogP contribution is -2.23. The fourth-order valence-corrected chi connectivity index (χ4v) is 2.41. The van der Waals surface area contributed by atoms with Crippen LogP contribution in [0.2, 0.25) is 0 Å². The molecule has 0 spiro atoms. The smallest absolute Gasteiger partial charge is 0.224 e. The van der Waals surface area contributed by atoms with Gasteiger partial charge in [0.25, 0.3) is 0 Å². The first-order chi connectivity index (χ1) is 10.3. The number of nitrogens with one attached hydrogen (secondary N) is 2. The van der Waals surface area contributed by atoms with E-state index >= 15 is 0 Å². The van der Waals surface area contributed by atoms with Crippen molar-refractivity contribution >= 4 is 11.6 Å². The van der Waals surface area contributed by atoms with Gasteiger partial charge >= 0.3 is 0 Å². The van der Waals surface area contributed by atoms with Gasteiger partial charge in [0.1, 0.15) is 12.4 Å². The van der Waals surface area contributed by atoms with Crippen LogP contribution in [0.5, 0.6) is 5.75 Å². The van der Waals surface area contributed by atoms with Crippen LogP contribution in [0.25, 0.3) is 0 Å². The van der Waals surface area contributed by atoms with Crippen molar-refractivity contribution in [2.45, 2.75) is 31.7 Å². The Morgan fingerprint density at radius 3 is 2.81 bits per heavy atom. The zero-order valence-electron chi connectivity index (χ0n) is 12.6. The molecule has 5 heteroatoms. The Kier molecular flexibility index (Phi) is 6.50. The van der Waals surface area contributed by atoms with E-state index in [1.54, 1.807) is 7.11 Å². The first-order valence-corrected chi connectivity index (χ1v) is 7.53. The van der Waals surface area contributed by atoms with Gasteiger partial charge in [-0.15, -0.1) is 0 Å². The number of amides is 1. The zero-order chi connectivity index (χ0) is 14.9. The first kappa shape index (κ1) is 15.8. The second kappa shape index (κ2) is 8.64. The van der Waals surface area contributed by atoms with Gasteiger partial charge in [0.15, 0.2) is 0 Å². The molecule has 21 heavy (non-hydrogen) atoms. The molecule has 5 nitrogen and oxygen atoms in total. The Morgan fingerprint density at radius 1 is 1.33 bits per heavy atom.